The van der Waals surface area contributed by atoms with Gasteiger partial charge in [0.15, 0.2) is 0 Å². The maximum Gasteiger partial charge on any atom is 0.265 e. The van der Waals surface area contributed by atoms with Gasteiger partial charge >= 0.3 is 0 Å². The smallest absolute Gasteiger partial charge is 0.265 e. The summed E-state index contributed by atoms with van der Waals surface area (Å²) in [4.78, 5) is 16.7. The van der Waals surface area contributed by atoms with Crippen molar-refractivity contribution in [2.24, 2.45) is 0 Å². The van der Waals surface area contributed by atoms with Crippen molar-refractivity contribution >= 4 is 11.7 Å². The molecular weight excluding hydrogens is 264 g/mol. The first-order valence-electron chi connectivity index (χ1n) is 7.91. The molecule has 1 aliphatic rings. The zero-order valence-corrected chi connectivity index (χ0v) is 13.2. The van der Waals surface area contributed by atoms with Crippen LogP contribution in [0.4, 0.5) is 5.82 Å². The largest absolute Gasteiger partial charge is 0.370 e. The van der Waals surface area contributed by atoms with Crippen molar-refractivity contribution in [3.8, 4) is 0 Å². The summed E-state index contributed by atoms with van der Waals surface area (Å²) in [6.07, 6.45) is 6.19. The summed E-state index contributed by atoms with van der Waals surface area (Å²) in [6, 6.07) is 4.34. The molecule has 0 spiro atoms. The molecule has 2 unspecified atom stereocenters. The number of hydrogen-bond acceptors (Lipinski definition) is 4. The number of rotatable bonds is 5. The third-order valence-electron chi connectivity index (χ3n) is 4.00. The maximum absolute atomic E-state index is 12.4. The molecule has 0 radical (unpaired) electrons. The summed E-state index contributed by atoms with van der Waals surface area (Å²) in [5, 5.41) is 5.29. The Bertz CT molecular complexity index is 467. The molecule has 1 aromatic heterocycles. The van der Waals surface area contributed by atoms with Gasteiger partial charge in [-0.25, -0.2) is 9.99 Å². The number of nitrogens with one attached hydrogen (secondary N) is 2. The molecule has 0 saturated carbocycles. The van der Waals surface area contributed by atoms with Gasteiger partial charge in [-0.05, 0) is 45.2 Å². The average molecular weight is 290 g/mol. The van der Waals surface area contributed by atoms with Gasteiger partial charge in [-0.1, -0.05) is 13.3 Å². The quantitative estimate of drug-likeness (QED) is 0.875. The first-order chi connectivity index (χ1) is 10.1. The van der Waals surface area contributed by atoms with Crippen LogP contribution in [-0.2, 0) is 0 Å². The highest BCUT2D eigenvalue weighted by atomic mass is 16.2. The minimum atomic E-state index is -0.0578. The van der Waals surface area contributed by atoms with Gasteiger partial charge in [0.2, 0.25) is 0 Å². The molecule has 5 heteroatoms. The molecule has 1 aliphatic heterocycles. The monoisotopic (exact) mass is 290 g/mol. The van der Waals surface area contributed by atoms with Gasteiger partial charge in [0.1, 0.15) is 5.82 Å². The Balaban J connectivity index is 2.02. The van der Waals surface area contributed by atoms with Crippen molar-refractivity contribution < 1.29 is 4.79 Å². The summed E-state index contributed by atoms with van der Waals surface area (Å²) in [5.74, 6) is 0.696. The number of hydrogen-bond donors (Lipinski definition) is 2. The summed E-state index contributed by atoms with van der Waals surface area (Å²) in [6.45, 7) is 7.29. The molecule has 2 heterocycles. The molecule has 1 saturated heterocycles. The van der Waals surface area contributed by atoms with E-state index in [2.05, 4.69) is 41.5 Å². The van der Waals surface area contributed by atoms with Crippen molar-refractivity contribution in [3.05, 3.63) is 23.9 Å². The van der Waals surface area contributed by atoms with Crippen LogP contribution in [0.1, 0.15) is 56.8 Å². The summed E-state index contributed by atoms with van der Waals surface area (Å²) in [7, 11) is 0. The van der Waals surface area contributed by atoms with Gasteiger partial charge in [-0.15, -0.1) is 0 Å². The molecule has 1 aromatic rings. The first-order valence-corrected chi connectivity index (χ1v) is 7.91. The van der Waals surface area contributed by atoms with E-state index in [0.717, 1.165) is 31.6 Å². The van der Waals surface area contributed by atoms with E-state index in [1.807, 2.05) is 6.07 Å². The topological polar surface area (TPSA) is 57.3 Å². The molecule has 116 valence electrons. The fourth-order valence-electron chi connectivity index (χ4n) is 2.74. The highest BCUT2D eigenvalue weighted by Gasteiger charge is 2.26. The van der Waals surface area contributed by atoms with Gasteiger partial charge in [0.25, 0.3) is 5.91 Å². The summed E-state index contributed by atoms with van der Waals surface area (Å²) < 4.78 is 0. The average Bonchev–Trinajstić information content (AvgIpc) is 2.49. The lowest BCUT2D eigenvalue weighted by atomic mass is 10.00. The van der Waals surface area contributed by atoms with Crippen LogP contribution in [0, 0.1) is 0 Å². The van der Waals surface area contributed by atoms with E-state index in [1.54, 1.807) is 12.3 Å². The van der Waals surface area contributed by atoms with E-state index in [-0.39, 0.29) is 5.91 Å². The second-order valence-electron chi connectivity index (χ2n) is 5.83. The Morgan fingerprint density at radius 2 is 2.10 bits per heavy atom. The Hall–Kier alpha value is -1.62. The second kappa shape index (κ2) is 7.41. The van der Waals surface area contributed by atoms with Crippen LogP contribution in [0.3, 0.4) is 0 Å². The minimum Gasteiger partial charge on any atom is -0.370 e. The number of pyridine rings is 1. The molecule has 21 heavy (non-hydrogen) atoms. The highest BCUT2D eigenvalue weighted by Crippen LogP contribution is 2.20. The number of carbonyl (C=O) groups excluding carboxylic acids is 1. The molecule has 0 aromatic carbocycles. The number of amides is 1. The summed E-state index contributed by atoms with van der Waals surface area (Å²) >= 11 is 0. The third-order valence-corrected chi connectivity index (χ3v) is 4.00. The van der Waals surface area contributed by atoms with Gasteiger partial charge in [-0.2, -0.15) is 0 Å². The van der Waals surface area contributed by atoms with Gasteiger partial charge in [0, 0.05) is 30.4 Å². The van der Waals surface area contributed by atoms with Crippen molar-refractivity contribution in [1.82, 2.24) is 15.4 Å². The van der Waals surface area contributed by atoms with E-state index >= 15 is 0 Å². The molecule has 2 N–H and O–H groups in total. The number of hydrazine groups is 1. The van der Waals surface area contributed by atoms with E-state index in [1.165, 1.54) is 6.42 Å². The van der Waals surface area contributed by atoms with E-state index in [4.69, 9.17) is 0 Å². The normalized spacial score (nSPS) is 22.8. The van der Waals surface area contributed by atoms with Crippen molar-refractivity contribution in [2.75, 3.05) is 11.9 Å². The third kappa shape index (κ3) is 4.17. The van der Waals surface area contributed by atoms with Crippen LogP contribution in [0.15, 0.2) is 18.3 Å². The lowest BCUT2D eigenvalue weighted by molar-refractivity contribution is 0.0370. The van der Waals surface area contributed by atoms with E-state index in [0.29, 0.717) is 17.6 Å². The van der Waals surface area contributed by atoms with Crippen LogP contribution in [0.25, 0.3) is 0 Å². The SMILES string of the molecule is CCCNc1cc(C(=O)NN2C(C)CCCC2C)ccn1. The molecular formula is C16H26N4O. The Labute approximate surface area is 127 Å². The van der Waals surface area contributed by atoms with Crippen molar-refractivity contribution in [1.29, 1.82) is 0 Å². The number of piperidine rings is 1. The predicted molar refractivity (Wildman–Crippen MR) is 85.1 cm³/mol. The van der Waals surface area contributed by atoms with Crippen molar-refractivity contribution in [2.45, 2.75) is 58.5 Å². The number of anilines is 1. The van der Waals surface area contributed by atoms with E-state index < -0.39 is 0 Å². The predicted octanol–water partition coefficient (Wildman–Crippen LogP) is 2.81. The van der Waals surface area contributed by atoms with Gasteiger partial charge in [0.05, 0.1) is 0 Å². The first kappa shape index (κ1) is 15.8. The van der Waals surface area contributed by atoms with Crippen LogP contribution in [-0.4, -0.2) is 34.5 Å². The Morgan fingerprint density at radius 1 is 1.38 bits per heavy atom. The number of aromatic nitrogens is 1. The Morgan fingerprint density at radius 3 is 2.76 bits per heavy atom. The van der Waals surface area contributed by atoms with Crippen LogP contribution in [0.5, 0.6) is 0 Å². The molecule has 0 bridgehead atoms. The van der Waals surface area contributed by atoms with Gasteiger partial charge < -0.3 is 5.32 Å². The molecule has 5 nitrogen and oxygen atoms in total. The van der Waals surface area contributed by atoms with Crippen LogP contribution < -0.4 is 10.7 Å². The molecule has 1 fully saturated rings. The van der Waals surface area contributed by atoms with Crippen molar-refractivity contribution in [3.63, 3.8) is 0 Å². The fourth-order valence-corrected chi connectivity index (χ4v) is 2.74. The number of carbonyl (C=O) groups is 1. The minimum absolute atomic E-state index is 0.0578. The molecule has 0 aliphatic carbocycles. The lowest BCUT2D eigenvalue weighted by Crippen LogP contribution is -2.54. The standard InChI is InChI=1S/C16H26N4O/c1-4-9-17-15-11-14(8-10-18-15)16(21)19-20-12(2)6-5-7-13(20)3/h8,10-13H,4-7,9H2,1-3H3,(H,17,18)(H,19,21). The zero-order valence-electron chi connectivity index (χ0n) is 13.2. The molecule has 1 amide bonds. The maximum atomic E-state index is 12.4. The van der Waals surface area contributed by atoms with Gasteiger partial charge in [-0.3, -0.25) is 10.2 Å². The lowest BCUT2D eigenvalue weighted by Gasteiger charge is -2.38. The highest BCUT2D eigenvalue weighted by molar-refractivity contribution is 5.94. The van der Waals surface area contributed by atoms with Crippen LogP contribution in [0.2, 0.25) is 0 Å². The zero-order chi connectivity index (χ0) is 15.2. The Kier molecular flexibility index (Phi) is 5.56. The molecule has 2 rings (SSSR count). The van der Waals surface area contributed by atoms with Crippen LogP contribution >= 0.6 is 0 Å². The van der Waals surface area contributed by atoms with E-state index in [9.17, 15) is 4.79 Å². The fraction of sp³-hybridized carbons (Fsp3) is 0.625. The second-order valence-corrected chi connectivity index (χ2v) is 5.83. The number of nitrogens with zero attached hydrogens (tertiary/aromatic N) is 2. The summed E-state index contributed by atoms with van der Waals surface area (Å²) in [5.41, 5.74) is 3.70. The molecule has 2 atom stereocenters.